The number of carbonyl (C=O) groups excluding carboxylic acids is 3. The van der Waals surface area contributed by atoms with Crippen molar-refractivity contribution >= 4 is 59.0 Å². The Hall–Kier alpha value is -5.15. The number of aromatic nitrogens is 6. The van der Waals surface area contributed by atoms with Gasteiger partial charge < -0.3 is 31.3 Å². The second-order valence-electron chi connectivity index (χ2n) is 10.5. The van der Waals surface area contributed by atoms with Gasteiger partial charge in [0, 0.05) is 32.2 Å². The smallest absolute Gasteiger partial charge is 0.352 e. The van der Waals surface area contributed by atoms with E-state index < -0.39 is 46.5 Å². The Morgan fingerprint density at radius 2 is 2.02 bits per heavy atom. The zero-order valence-electron chi connectivity index (χ0n) is 25.7. The highest BCUT2D eigenvalue weighted by Gasteiger charge is 2.67. The zero-order valence-corrected chi connectivity index (χ0v) is 27.4. The predicted molar refractivity (Wildman–Crippen MR) is 172 cm³/mol. The van der Waals surface area contributed by atoms with Crippen LogP contribution in [0.2, 0.25) is 0 Å². The Morgan fingerprint density at radius 3 is 2.60 bits per heavy atom. The second-order valence-corrected chi connectivity index (χ2v) is 12.5. The number of nitrogens with one attached hydrogen (secondary N) is 3. The molecule has 4 amide bonds. The quantitative estimate of drug-likeness (QED) is 0.0775. The molecule has 2 aliphatic heterocycles. The first-order valence-electron chi connectivity index (χ1n) is 14.3. The van der Waals surface area contributed by atoms with Crippen LogP contribution in [0.15, 0.2) is 51.7 Å². The summed E-state index contributed by atoms with van der Waals surface area (Å²) in [4.78, 5) is 75.0. The van der Waals surface area contributed by atoms with Crippen molar-refractivity contribution in [3.8, 4) is 5.75 Å². The van der Waals surface area contributed by atoms with E-state index in [-0.39, 0.29) is 40.2 Å². The number of primary amides is 1. The molecule has 3 aromatic rings. The molecule has 0 bridgehead atoms. The number of phenolic OH excluding ortho intramolecular Hbond substituents is 1. The number of thioether (sulfide) groups is 2. The number of fused-ring (bicyclic) bond motifs is 1. The number of nitrogens with two attached hydrogens (primary N) is 1. The predicted octanol–water partition coefficient (Wildman–Crippen LogP) is -0.0477. The number of H-pyrrole nitrogens is 1. The number of benzene rings is 1. The molecule has 0 saturated carbocycles. The van der Waals surface area contributed by atoms with E-state index in [0.29, 0.717) is 22.2 Å². The van der Waals surface area contributed by atoms with Gasteiger partial charge in [-0.3, -0.25) is 29.2 Å². The highest BCUT2D eigenvalue weighted by Crippen LogP contribution is 2.47. The third-order valence-electron chi connectivity index (χ3n) is 7.44. The first-order valence-corrected chi connectivity index (χ1v) is 16.3. The van der Waals surface area contributed by atoms with E-state index in [4.69, 9.17) is 10.5 Å². The molecule has 0 radical (unpaired) electrons. The fourth-order valence-corrected chi connectivity index (χ4v) is 7.58. The van der Waals surface area contributed by atoms with E-state index >= 15 is 0 Å². The molecule has 0 spiro atoms. The number of carboxylic acids is 1. The number of hydrogen-bond acceptors (Lipinski definition) is 14. The number of phenols is 1. The number of anilines is 2. The Bertz CT molecular complexity index is 1830. The van der Waals surface area contributed by atoms with Gasteiger partial charge in [-0.25, -0.2) is 19.3 Å². The summed E-state index contributed by atoms with van der Waals surface area (Å²) >= 11 is 2.34. The lowest BCUT2D eigenvalue weighted by atomic mass is 9.96. The Balaban J connectivity index is 1.48. The van der Waals surface area contributed by atoms with Crippen molar-refractivity contribution in [3.05, 3.63) is 57.6 Å². The number of ether oxygens (including phenoxy) is 1. The topological polar surface area (TPSA) is 264 Å². The molecule has 2 aromatic heterocycles. The number of aromatic amines is 1. The van der Waals surface area contributed by atoms with Gasteiger partial charge >= 0.3 is 12.0 Å². The molecule has 254 valence electrons. The van der Waals surface area contributed by atoms with E-state index in [0.717, 1.165) is 29.3 Å². The normalized spacial score (nSPS) is 19.3. The minimum atomic E-state index is -2.06. The summed E-state index contributed by atoms with van der Waals surface area (Å²) in [5.41, 5.74) is 2.76. The van der Waals surface area contributed by atoms with Crippen molar-refractivity contribution in [2.75, 3.05) is 35.4 Å². The molecule has 3 atom stereocenters. The van der Waals surface area contributed by atoms with Crippen LogP contribution in [-0.4, -0.2) is 105 Å². The number of methoxy groups -OCH3 is 1. The number of carboxylic acid groups (broad SMARTS) is 1. The molecule has 5 rings (SSSR count). The van der Waals surface area contributed by atoms with Crippen LogP contribution < -0.4 is 26.8 Å². The summed E-state index contributed by atoms with van der Waals surface area (Å²) in [5, 5.41) is 36.1. The maximum atomic E-state index is 14.2. The molecule has 1 aromatic carbocycles. The Morgan fingerprint density at radius 1 is 1.29 bits per heavy atom. The van der Waals surface area contributed by atoms with Crippen molar-refractivity contribution in [2.24, 2.45) is 12.8 Å². The standard InChI is InChI=1S/C27H31N11O8S2/c1-4-9-29-25-30-10-16(19(40)31-25)37(24(28)45)17(13-5-7-15(39)8-6-13)20(41)32-27(46-3)22(44)38-18(21(42)43)14(11-47-23(27)38)12-48-26-33-34-35-36(26)2/h5-8,10,17,23,39H,4,9,11-12H2,1-3H3,(H2,28,45)(H,32,41)(H,42,43)(H2,29,30,31,40)/t17?,23-,27-/m0/s1. The number of tetrazole rings is 1. The molecule has 48 heavy (non-hydrogen) atoms. The van der Waals surface area contributed by atoms with E-state index in [1.54, 1.807) is 7.05 Å². The molecule has 4 heterocycles. The highest BCUT2D eigenvalue weighted by molar-refractivity contribution is 8.01. The molecule has 1 saturated heterocycles. The molecule has 1 unspecified atom stereocenters. The van der Waals surface area contributed by atoms with Crippen molar-refractivity contribution < 1.29 is 34.1 Å². The van der Waals surface area contributed by atoms with Crippen LogP contribution in [-0.2, 0) is 26.2 Å². The van der Waals surface area contributed by atoms with Crippen molar-refractivity contribution in [3.63, 3.8) is 0 Å². The highest BCUT2D eigenvalue weighted by atomic mass is 32.2. The van der Waals surface area contributed by atoms with Gasteiger partial charge in [0.05, 0.1) is 6.20 Å². The monoisotopic (exact) mass is 701 g/mol. The number of rotatable bonds is 13. The number of aliphatic carboxylic acids is 1. The molecule has 7 N–H and O–H groups in total. The van der Waals surface area contributed by atoms with Crippen molar-refractivity contribution in [1.82, 2.24) is 40.4 Å². The number of β-lactam (4-membered cyclic amide) rings is 1. The van der Waals surface area contributed by atoms with E-state index in [1.807, 2.05) is 6.92 Å². The maximum Gasteiger partial charge on any atom is 0.352 e. The molecule has 0 aliphatic carbocycles. The fourth-order valence-electron chi connectivity index (χ4n) is 5.15. The molecule has 19 nitrogen and oxygen atoms in total. The zero-order chi connectivity index (χ0) is 34.7. The minimum absolute atomic E-state index is 0.103. The maximum absolute atomic E-state index is 14.2. The molecule has 2 aliphatic rings. The van der Waals surface area contributed by atoms with Crippen LogP contribution in [0.4, 0.5) is 16.4 Å². The minimum Gasteiger partial charge on any atom is -0.508 e. The van der Waals surface area contributed by atoms with Gasteiger partial charge in [0.25, 0.3) is 23.1 Å². The van der Waals surface area contributed by atoms with Crippen LogP contribution in [0.1, 0.15) is 24.9 Å². The Labute approximate surface area is 280 Å². The van der Waals surface area contributed by atoms with Crippen LogP contribution in [0.25, 0.3) is 0 Å². The second kappa shape index (κ2) is 13.9. The molecule has 1 fully saturated rings. The summed E-state index contributed by atoms with van der Waals surface area (Å²) in [6.07, 6.45) is 1.81. The van der Waals surface area contributed by atoms with Gasteiger partial charge in [-0.2, -0.15) is 0 Å². The van der Waals surface area contributed by atoms with Gasteiger partial charge in [0.1, 0.15) is 28.5 Å². The molecular formula is C27H31N11O8S2. The number of amides is 4. The van der Waals surface area contributed by atoms with Crippen LogP contribution in [0, 0.1) is 0 Å². The molecule has 21 heteroatoms. The number of aromatic hydroxyl groups is 1. The third kappa shape index (κ3) is 6.25. The summed E-state index contributed by atoms with van der Waals surface area (Å²) < 4.78 is 7.02. The number of nitrogens with zero attached hydrogens (tertiary/aromatic N) is 7. The molecular weight excluding hydrogens is 670 g/mol. The fraction of sp³-hybridized carbons (Fsp3) is 0.370. The van der Waals surface area contributed by atoms with Crippen LogP contribution in [0.3, 0.4) is 0 Å². The lowest BCUT2D eigenvalue weighted by Gasteiger charge is -2.56. The number of hydrogen-bond donors (Lipinski definition) is 6. The Kier molecular flexibility index (Phi) is 9.91. The van der Waals surface area contributed by atoms with Crippen LogP contribution >= 0.6 is 23.5 Å². The first kappa shape index (κ1) is 34.2. The lowest BCUT2D eigenvalue weighted by Crippen LogP contribution is -2.81. The summed E-state index contributed by atoms with van der Waals surface area (Å²) in [5.74, 6) is -2.94. The summed E-state index contributed by atoms with van der Waals surface area (Å²) in [7, 11) is 2.80. The van der Waals surface area contributed by atoms with Crippen molar-refractivity contribution in [1.29, 1.82) is 0 Å². The largest absolute Gasteiger partial charge is 0.508 e. The van der Waals surface area contributed by atoms with E-state index in [9.17, 15) is 34.2 Å². The average Bonchev–Trinajstić information content (AvgIpc) is 3.48. The van der Waals surface area contributed by atoms with Crippen molar-refractivity contribution in [2.45, 2.75) is 35.6 Å². The number of carbonyl (C=O) groups is 4. The average molecular weight is 702 g/mol. The van der Waals surface area contributed by atoms with E-state index in [1.165, 1.54) is 47.8 Å². The summed E-state index contributed by atoms with van der Waals surface area (Å²) in [6, 6.07) is 2.30. The van der Waals surface area contributed by atoms with Gasteiger partial charge in [-0.1, -0.05) is 30.8 Å². The van der Waals surface area contributed by atoms with Gasteiger partial charge in [0.15, 0.2) is 0 Å². The summed E-state index contributed by atoms with van der Waals surface area (Å²) in [6.45, 7) is 2.41. The number of aryl methyl sites for hydroxylation is 1. The SMILES string of the molecule is CCCNc1ncc(N(C(N)=O)C(C(=O)N[C@]2(OC)C(=O)N3C(C(=O)O)=C(CSc4nnnn4C)CS[C@H]32)c2ccc(O)cc2)c(=O)[nH]1. The lowest BCUT2D eigenvalue weighted by molar-refractivity contribution is -0.192. The number of urea groups is 1. The van der Waals surface area contributed by atoms with Crippen LogP contribution in [0.5, 0.6) is 5.75 Å². The van der Waals surface area contributed by atoms with Gasteiger partial charge in [-0.05, 0) is 40.1 Å². The van der Waals surface area contributed by atoms with E-state index in [2.05, 4.69) is 36.1 Å². The van der Waals surface area contributed by atoms with Gasteiger partial charge in [-0.15, -0.1) is 16.9 Å². The third-order valence-corrected chi connectivity index (χ3v) is 9.91. The first-order chi connectivity index (χ1) is 22.9. The van der Waals surface area contributed by atoms with Gasteiger partial charge in [0.2, 0.25) is 11.1 Å².